The molecule has 0 unspecified atom stereocenters. The number of nitrogens with zero attached hydrogens (tertiary/aromatic N) is 1. The molecule has 1 heterocycles. The van der Waals surface area contributed by atoms with Crippen LogP contribution in [0.3, 0.4) is 0 Å². The summed E-state index contributed by atoms with van der Waals surface area (Å²) in [7, 11) is -3.97. The zero-order valence-corrected chi connectivity index (χ0v) is 17.8. The van der Waals surface area contributed by atoms with Gasteiger partial charge < -0.3 is 10.4 Å². The summed E-state index contributed by atoms with van der Waals surface area (Å²) in [5.41, 5.74) is 0.362. The second kappa shape index (κ2) is 8.41. The maximum absolute atomic E-state index is 14.5. The number of carbonyl (C=O) groups excluding carboxylic acids is 1. The van der Waals surface area contributed by atoms with Gasteiger partial charge in [-0.25, -0.2) is 17.5 Å². The first kappa shape index (κ1) is 21.5. The molecule has 3 N–H and O–H groups in total. The Kier molecular flexibility index (Phi) is 5.83. The largest absolute Gasteiger partial charge is 0.506 e. The average Bonchev–Trinajstić information content (AvgIpc) is 3.57. The molecule has 1 amide bonds. The molecular formula is C21H19ClFN3O4S. The maximum atomic E-state index is 14.5. The lowest BCUT2D eigenvalue weighted by Gasteiger charge is -2.11. The molecule has 2 aromatic carbocycles. The van der Waals surface area contributed by atoms with E-state index in [1.165, 1.54) is 0 Å². The van der Waals surface area contributed by atoms with Crippen LogP contribution in [0.25, 0.3) is 10.9 Å². The summed E-state index contributed by atoms with van der Waals surface area (Å²) in [6, 6.07) is 8.81. The lowest BCUT2D eigenvalue weighted by molar-refractivity contribution is 0.0948. The van der Waals surface area contributed by atoms with Gasteiger partial charge in [0, 0.05) is 29.7 Å². The van der Waals surface area contributed by atoms with Crippen molar-refractivity contribution in [2.45, 2.75) is 24.3 Å². The smallest absolute Gasteiger partial charge is 0.256 e. The Hall–Kier alpha value is -2.75. The molecule has 0 spiro atoms. The molecule has 0 bridgehead atoms. The Bertz CT molecular complexity index is 1260. The number of amides is 1. The van der Waals surface area contributed by atoms with Gasteiger partial charge in [0.15, 0.2) is 5.82 Å². The van der Waals surface area contributed by atoms with Gasteiger partial charge in [-0.2, -0.15) is 0 Å². The first-order valence-corrected chi connectivity index (χ1v) is 11.4. The summed E-state index contributed by atoms with van der Waals surface area (Å²) in [6.07, 6.45) is 2.96. The molecule has 0 radical (unpaired) electrons. The molecule has 162 valence electrons. The fourth-order valence-corrected chi connectivity index (χ4v) is 4.33. The van der Waals surface area contributed by atoms with Crippen LogP contribution in [0.2, 0.25) is 5.02 Å². The molecule has 3 aromatic rings. The number of carbonyl (C=O) groups is 1. The zero-order valence-electron chi connectivity index (χ0n) is 16.2. The topological polar surface area (TPSA) is 108 Å². The predicted octanol–water partition coefficient (Wildman–Crippen LogP) is 3.35. The Morgan fingerprint density at radius 2 is 1.94 bits per heavy atom. The number of hydrogen-bond donors (Lipinski definition) is 3. The number of fused-ring (bicyclic) bond motifs is 1. The van der Waals surface area contributed by atoms with E-state index in [1.807, 2.05) is 0 Å². The standard InChI is InChI=1S/C21H19ClFN3O4S/c22-14-5-3-12(4-6-14)9-25-21(28)17-11-24-19-16(20(17)27)7-15(8-18(19)23)31(29,30)26-10-13-1-2-13/h3-8,11,13,26H,1-2,9-10H2,(H,24,27)(H,25,28). The molecule has 7 nitrogen and oxygen atoms in total. The van der Waals surface area contributed by atoms with Crippen molar-refractivity contribution < 1.29 is 22.7 Å². The number of rotatable bonds is 7. The number of aromatic hydroxyl groups is 1. The fourth-order valence-electron chi connectivity index (χ4n) is 3.06. The summed E-state index contributed by atoms with van der Waals surface area (Å²) in [4.78, 5) is 16.1. The van der Waals surface area contributed by atoms with Gasteiger partial charge in [0.1, 0.15) is 16.8 Å². The highest BCUT2D eigenvalue weighted by Gasteiger charge is 2.26. The number of nitrogens with one attached hydrogen (secondary N) is 2. The van der Waals surface area contributed by atoms with Crippen LogP contribution in [0.5, 0.6) is 5.75 Å². The van der Waals surface area contributed by atoms with E-state index >= 15 is 0 Å². The SMILES string of the molecule is O=C(NCc1ccc(Cl)cc1)c1cnc2c(F)cc(S(=O)(=O)NCC3CC3)cc2c1O. The molecule has 1 saturated carbocycles. The van der Waals surface area contributed by atoms with Gasteiger partial charge >= 0.3 is 0 Å². The van der Waals surface area contributed by atoms with Crippen molar-refractivity contribution in [3.8, 4) is 5.75 Å². The van der Waals surface area contributed by atoms with Gasteiger partial charge in [-0.1, -0.05) is 23.7 Å². The van der Waals surface area contributed by atoms with Crippen LogP contribution in [0, 0.1) is 11.7 Å². The van der Waals surface area contributed by atoms with Crippen molar-refractivity contribution in [1.82, 2.24) is 15.0 Å². The minimum atomic E-state index is -3.97. The monoisotopic (exact) mass is 463 g/mol. The van der Waals surface area contributed by atoms with Crippen LogP contribution in [0.1, 0.15) is 28.8 Å². The van der Waals surface area contributed by atoms with Crippen LogP contribution in [-0.2, 0) is 16.6 Å². The molecule has 0 atom stereocenters. The zero-order chi connectivity index (χ0) is 22.2. The van der Waals surface area contributed by atoms with Gasteiger partial charge in [-0.05, 0) is 48.6 Å². The van der Waals surface area contributed by atoms with Crippen LogP contribution < -0.4 is 10.0 Å². The van der Waals surface area contributed by atoms with E-state index in [4.69, 9.17) is 11.6 Å². The van der Waals surface area contributed by atoms with Crippen LogP contribution >= 0.6 is 11.6 Å². The third kappa shape index (κ3) is 4.79. The maximum Gasteiger partial charge on any atom is 0.256 e. The van der Waals surface area contributed by atoms with Gasteiger partial charge in [0.05, 0.1) is 4.90 Å². The normalized spacial score (nSPS) is 14.0. The average molecular weight is 464 g/mol. The molecular weight excluding hydrogens is 445 g/mol. The molecule has 1 fully saturated rings. The number of hydrogen-bond acceptors (Lipinski definition) is 5. The van der Waals surface area contributed by atoms with Crippen LogP contribution in [0.4, 0.5) is 4.39 Å². The Morgan fingerprint density at radius 3 is 2.61 bits per heavy atom. The number of benzene rings is 2. The lowest BCUT2D eigenvalue weighted by Crippen LogP contribution is -2.26. The third-order valence-electron chi connectivity index (χ3n) is 5.05. The second-order valence-corrected chi connectivity index (χ2v) is 9.63. The minimum Gasteiger partial charge on any atom is -0.506 e. The number of pyridine rings is 1. The summed E-state index contributed by atoms with van der Waals surface area (Å²) >= 11 is 5.84. The van der Waals surface area contributed by atoms with Gasteiger partial charge in [-0.15, -0.1) is 0 Å². The third-order valence-corrected chi connectivity index (χ3v) is 6.71. The number of halogens is 2. The van der Waals surface area contributed by atoms with Crippen molar-refractivity contribution in [1.29, 1.82) is 0 Å². The predicted molar refractivity (Wildman–Crippen MR) is 114 cm³/mol. The molecule has 10 heteroatoms. The highest BCUT2D eigenvalue weighted by molar-refractivity contribution is 7.89. The molecule has 0 aliphatic heterocycles. The van der Waals surface area contributed by atoms with E-state index in [1.54, 1.807) is 24.3 Å². The Morgan fingerprint density at radius 1 is 1.23 bits per heavy atom. The van der Waals surface area contributed by atoms with Crippen molar-refractivity contribution >= 4 is 38.4 Å². The second-order valence-electron chi connectivity index (χ2n) is 7.43. The highest BCUT2D eigenvalue weighted by atomic mass is 35.5. The highest BCUT2D eigenvalue weighted by Crippen LogP contribution is 2.32. The van der Waals surface area contributed by atoms with Gasteiger partial charge in [0.25, 0.3) is 5.91 Å². The van der Waals surface area contributed by atoms with Crippen LogP contribution in [-0.4, -0.2) is 31.0 Å². The summed E-state index contributed by atoms with van der Waals surface area (Å²) in [5, 5.41) is 13.6. The molecule has 1 aliphatic carbocycles. The van der Waals surface area contributed by atoms with E-state index < -0.39 is 27.5 Å². The molecule has 0 saturated heterocycles. The van der Waals surface area contributed by atoms with E-state index in [0.29, 0.717) is 10.9 Å². The van der Waals surface area contributed by atoms with Gasteiger partial charge in [-0.3, -0.25) is 9.78 Å². The number of aromatic nitrogens is 1. The summed E-state index contributed by atoms with van der Waals surface area (Å²) in [5.74, 6) is -1.79. The van der Waals surface area contributed by atoms with Crippen molar-refractivity contribution in [2.24, 2.45) is 5.92 Å². The lowest BCUT2D eigenvalue weighted by atomic mass is 10.1. The van der Waals surface area contributed by atoms with Crippen molar-refractivity contribution in [3.05, 3.63) is 64.6 Å². The molecule has 1 aromatic heterocycles. The summed E-state index contributed by atoms with van der Waals surface area (Å²) in [6.45, 7) is 0.445. The Balaban J connectivity index is 1.61. The quantitative estimate of drug-likeness (QED) is 0.498. The summed E-state index contributed by atoms with van der Waals surface area (Å²) < 4.78 is 42.0. The molecule has 1 aliphatic rings. The van der Waals surface area contributed by atoms with Crippen molar-refractivity contribution in [3.63, 3.8) is 0 Å². The van der Waals surface area contributed by atoms with E-state index in [0.717, 1.165) is 36.7 Å². The Labute approximate surface area is 183 Å². The van der Waals surface area contributed by atoms with E-state index in [2.05, 4.69) is 15.0 Å². The molecule has 31 heavy (non-hydrogen) atoms. The van der Waals surface area contributed by atoms with Crippen LogP contribution in [0.15, 0.2) is 47.5 Å². The number of sulfonamides is 1. The first-order chi connectivity index (χ1) is 14.7. The van der Waals surface area contributed by atoms with E-state index in [9.17, 15) is 22.7 Å². The fraction of sp³-hybridized carbons (Fsp3) is 0.238. The molecule has 4 rings (SSSR count). The van der Waals surface area contributed by atoms with Crippen molar-refractivity contribution in [2.75, 3.05) is 6.54 Å². The first-order valence-electron chi connectivity index (χ1n) is 9.58. The van der Waals surface area contributed by atoms with Gasteiger partial charge in [0.2, 0.25) is 10.0 Å². The van der Waals surface area contributed by atoms with E-state index in [-0.39, 0.29) is 34.5 Å². The minimum absolute atomic E-state index is 0.161.